The first-order chi connectivity index (χ1) is 13.8. The molecule has 29 heavy (non-hydrogen) atoms. The summed E-state index contributed by atoms with van der Waals surface area (Å²) in [4.78, 5) is 14.4. The van der Waals surface area contributed by atoms with Gasteiger partial charge in [-0.15, -0.1) is 0 Å². The van der Waals surface area contributed by atoms with E-state index in [1.54, 1.807) is 38.3 Å². The molecule has 3 aromatic rings. The van der Waals surface area contributed by atoms with E-state index in [1.807, 2.05) is 0 Å². The molecule has 0 radical (unpaired) electrons. The Morgan fingerprint density at radius 3 is 2.55 bits per heavy atom. The molecule has 0 saturated carbocycles. The number of nitrogens with zero attached hydrogens (tertiary/aromatic N) is 4. The van der Waals surface area contributed by atoms with Crippen molar-refractivity contribution in [1.29, 1.82) is 0 Å². The van der Waals surface area contributed by atoms with Crippen LogP contribution in [-0.2, 0) is 16.6 Å². The summed E-state index contributed by atoms with van der Waals surface area (Å²) in [6, 6.07) is 11.9. The van der Waals surface area contributed by atoms with Gasteiger partial charge in [-0.1, -0.05) is 18.1 Å². The van der Waals surface area contributed by atoms with E-state index in [-0.39, 0.29) is 29.6 Å². The number of hydrogen-bond donors (Lipinski definition) is 0. The van der Waals surface area contributed by atoms with E-state index in [2.05, 4.69) is 10.1 Å². The van der Waals surface area contributed by atoms with Crippen LogP contribution in [-0.4, -0.2) is 41.4 Å². The predicted molar refractivity (Wildman–Crippen MR) is 103 cm³/mol. The van der Waals surface area contributed by atoms with E-state index >= 15 is 0 Å². The summed E-state index contributed by atoms with van der Waals surface area (Å²) in [5.74, 6) is 1.09. The number of rotatable bonds is 8. The molecule has 1 heterocycles. The highest BCUT2D eigenvalue weighted by molar-refractivity contribution is 7.89. The van der Waals surface area contributed by atoms with Gasteiger partial charge in [0, 0.05) is 24.2 Å². The highest BCUT2D eigenvalue weighted by Crippen LogP contribution is 2.24. The minimum atomic E-state index is -3.99. The third-order valence-corrected chi connectivity index (χ3v) is 6.06. The van der Waals surface area contributed by atoms with Crippen molar-refractivity contribution in [2.75, 3.05) is 13.7 Å². The Bertz CT molecular complexity index is 1110. The molecule has 0 amide bonds. The number of hydrogen-bond acceptors (Lipinski definition) is 8. The van der Waals surface area contributed by atoms with Gasteiger partial charge in [-0.2, -0.15) is 9.29 Å². The molecule has 0 unspecified atom stereocenters. The molecule has 11 heteroatoms. The summed E-state index contributed by atoms with van der Waals surface area (Å²) >= 11 is 0. The van der Waals surface area contributed by atoms with Crippen molar-refractivity contribution in [3.63, 3.8) is 0 Å². The first-order valence-electron chi connectivity index (χ1n) is 8.56. The van der Waals surface area contributed by atoms with Crippen LogP contribution in [0.4, 0.5) is 5.69 Å². The maximum atomic E-state index is 12.9. The van der Waals surface area contributed by atoms with Crippen LogP contribution in [0.3, 0.4) is 0 Å². The highest BCUT2D eigenvalue weighted by atomic mass is 32.2. The Kier molecular flexibility index (Phi) is 5.89. The number of aromatic nitrogens is 2. The molecule has 0 bridgehead atoms. The van der Waals surface area contributed by atoms with Crippen LogP contribution in [0.5, 0.6) is 5.75 Å². The summed E-state index contributed by atoms with van der Waals surface area (Å²) in [5.41, 5.74) is 0.382. The van der Waals surface area contributed by atoms with Gasteiger partial charge in [0.1, 0.15) is 5.75 Å². The van der Waals surface area contributed by atoms with Crippen molar-refractivity contribution in [2.24, 2.45) is 0 Å². The average molecular weight is 418 g/mol. The molecule has 1 aromatic heterocycles. The van der Waals surface area contributed by atoms with Gasteiger partial charge in [0.15, 0.2) is 0 Å². The fourth-order valence-electron chi connectivity index (χ4n) is 2.60. The number of methoxy groups -OCH3 is 1. The van der Waals surface area contributed by atoms with E-state index < -0.39 is 14.9 Å². The standard InChI is InChI=1S/C18H18N4O6S/c1-3-21(29(25,26)16-6-4-5-14(11-16)22(23)24)12-17-19-18(20-28-17)13-7-9-15(27-2)10-8-13/h4-11H,3,12H2,1-2H3. The van der Waals surface area contributed by atoms with Crippen LogP contribution < -0.4 is 4.74 Å². The van der Waals surface area contributed by atoms with Gasteiger partial charge < -0.3 is 9.26 Å². The molecule has 0 N–H and O–H groups in total. The largest absolute Gasteiger partial charge is 0.497 e. The molecule has 0 spiro atoms. The predicted octanol–water partition coefficient (Wildman–Crippen LogP) is 2.86. The minimum Gasteiger partial charge on any atom is -0.497 e. The first-order valence-corrected chi connectivity index (χ1v) is 10.0. The molecule has 10 nitrogen and oxygen atoms in total. The van der Waals surface area contributed by atoms with Gasteiger partial charge in [0.25, 0.3) is 5.69 Å². The lowest BCUT2D eigenvalue weighted by Crippen LogP contribution is -2.30. The molecule has 2 aromatic carbocycles. The first kappa shape index (κ1) is 20.4. The quantitative estimate of drug-likeness (QED) is 0.403. The van der Waals surface area contributed by atoms with Gasteiger partial charge in [-0.25, -0.2) is 8.42 Å². The summed E-state index contributed by atoms with van der Waals surface area (Å²) < 4.78 is 37.2. The summed E-state index contributed by atoms with van der Waals surface area (Å²) in [7, 11) is -2.43. The molecular weight excluding hydrogens is 400 g/mol. The number of benzene rings is 2. The van der Waals surface area contributed by atoms with Gasteiger partial charge in [-0.3, -0.25) is 10.1 Å². The van der Waals surface area contributed by atoms with Crippen molar-refractivity contribution in [3.05, 3.63) is 64.5 Å². The number of non-ortho nitro benzene ring substituents is 1. The minimum absolute atomic E-state index is 0.103. The summed E-state index contributed by atoms with van der Waals surface area (Å²) in [6.45, 7) is 1.60. The smallest absolute Gasteiger partial charge is 0.270 e. The second-order valence-corrected chi connectivity index (χ2v) is 7.86. The second-order valence-electron chi connectivity index (χ2n) is 5.93. The Morgan fingerprint density at radius 2 is 1.93 bits per heavy atom. The normalized spacial score (nSPS) is 11.6. The lowest BCUT2D eigenvalue weighted by atomic mass is 10.2. The third kappa shape index (κ3) is 4.41. The summed E-state index contributed by atoms with van der Waals surface area (Å²) in [6.07, 6.45) is 0. The van der Waals surface area contributed by atoms with Crippen molar-refractivity contribution in [1.82, 2.24) is 14.4 Å². The van der Waals surface area contributed by atoms with E-state index in [4.69, 9.17) is 9.26 Å². The van der Waals surface area contributed by atoms with Crippen LogP contribution >= 0.6 is 0 Å². The van der Waals surface area contributed by atoms with Crippen LogP contribution in [0.15, 0.2) is 57.9 Å². The average Bonchev–Trinajstić information content (AvgIpc) is 3.20. The van der Waals surface area contributed by atoms with E-state index in [0.717, 1.165) is 10.4 Å². The van der Waals surface area contributed by atoms with Crippen molar-refractivity contribution in [3.8, 4) is 17.1 Å². The van der Waals surface area contributed by atoms with Gasteiger partial charge in [-0.05, 0) is 30.3 Å². The van der Waals surface area contributed by atoms with Gasteiger partial charge >= 0.3 is 0 Å². The number of nitro groups is 1. The lowest BCUT2D eigenvalue weighted by Gasteiger charge is -2.18. The maximum absolute atomic E-state index is 12.9. The molecule has 0 aliphatic carbocycles. The highest BCUT2D eigenvalue weighted by Gasteiger charge is 2.27. The molecule has 0 atom stereocenters. The van der Waals surface area contributed by atoms with Crippen molar-refractivity contribution >= 4 is 15.7 Å². The van der Waals surface area contributed by atoms with Crippen molar-refractivity contribution in [2.45, 2.75) is 18.4 Å². The maximum Gasteiger partial charge on any atom is 0.270 e. The fraction of sp³-hybridized carbons (Fsp3) is 0.222. The van der Waals surface area contributed by atoms with E-state index in [9.17, 15) is 18.5 Å². The Labute approximate surface area is 166 Å². The molecule has 0 fully saturated rings. The SMILES string of the molecule is CCN(Cc1nc(-c2ccc(OC)cc2)no1)S(=O)(=O)c1cccc([N+](=O)[O-])c1. The van der Waals surface area contributed by atoms with Crippen LogP contribution in [0.25, 0.3) is 11.4 Å². The topological polar surface area (TPSA) is 129 Å². The van der Waals surface area contributed by atoms with Gasteiger partial charge in [0.05, 0.1) is 23.5 Å². The monoisotopic (exact) mass is 418 g/mol. The fourth-order valence-corrected chi connectivity index (χ4v) is 4.04. The number of nitro benzene ring substituents is 1. The van der Waals surface area contributed by atoms with Crippen LogP contribution in [0, 0.1) is 10.1 Å². The second kappa shape index (κ2) is 8.37. The Balaban J connectivity index is 1.83. The third-order valence-electron chi connectivity index (χ3n) is 4.15. The van der Waals surface area contributed by atoms with E-state index in [0.29, 0.717) is 17.1 Å². The Hall–Kier alpha value is -3.31. The zero-order valence-electron chi connectivity index (χ0n) is 15.7. The summed E-state index contributed by atoms with van der Waals surface area (Å²) in [5, 5.41) is 14.8. The van der Waals surface area contributed by atoms with Crippen molar-refractivity contribution < 1.29 is 22.6 Å². The molecule has 0 aliphatic rings. The zero-order valence-corrected chi connectivity index (χ0v) is 16.5. The molecular formula is C18H18N4O6S. The molecule has 0 saturated heterocycles. The molecule has 152 valence electrons. The molecule has 3 rings (SSSR count). The van der Waals surface area contributed by atoms with Crippen LogP contribution in [0.1, 0.15) is 12.8 Å². The number of sulfonamides is 1. The van der Waals surface area contributed by atoms with Gasteiger partial charge in [0.2, 0.25) is 21.7 Å². The van der Waals surface area contributed by atoms with Crippen LogP contribution in [0.2, 0.25) is 0 Å². The van der Waals surface area contributed by atoms with E-state index in [1.165, 1.54) is 18.2 Å². The lowest BCUT2D eigenvalue weighted by molar-refractivity contribution is -0.385. The zero-order chi connectivity index (χ0) is 21.0. The number of ether oxygens (including phenoxy) is 1. The Morgan fingerprint density at radius 1 is 1.21 bits per heavy atom. The molecule has 0 aliphatic heterocycles.